The molecule has 1 fully saturated rings. The molecule has 17 heavy (non-hydrogen) atoms. The summed E-state index contributed by atoms with van der Waals surface area (Å²) in [6.45, 7) is 1.66. The van der Waals surface area contributed by atoms with Crippen LogP contribution in [0.2, 0.25) is 0 Å². The van der Waals surface area contributed by atoms with Gasteiger partial charge in [-0.05, 0) is 36.5 Å². The highest BCUT2D eigenvalue weighted by atomic mass is 32.2. The lowest BCUT2D eigenvalue weighted by molar-refractivity contribution is 0.264. The van der Waals surface area contributed by atoms with E-state index in [1.807, 2.05) is 12.1 Å². The van der Waals surface area contributed by atoms with Crippen LogP contribution in [-0.2, 0) is 9.84 Å². The van der Waals surface area contributed by atoms with Crippen molar-refractivity contribution in [2.24, 2.45) is 11.7 Å². The van der Waals surface area contributed by atoms with E-state index in [2.05, 4.69) is 0 Å². The van der Waals surface area contributed by atoms with Crippen molar-refractivity contribution in [3.63, 3.8) is 0 Å². The first-order valence-corrected chi connectivity index (χ1v) is 7.78. The lowest BCUT2D eigenvalue weighted by atomic mass is 9.78. The third-order valence-electron chi connectivity index (χ3n) is 3.66. The van der Waals surface area contributed by atoms with Gasteiger partial charge >= 0.3 is 0 Å². The molecule has 2 rings (SSSR count). The van der Waals surface area contributed by atoms with Crippen molar-refractivity contribution in [1.29, 1.82) is 0 Å². The Bertz CT molecular complexity index is 475. The second-order valence-corrected chi connectivity index (χ2v) is 6.97. The molecule has 0 aliphatic heterocycles. The average Bonchev–Trinajstić information content (AvgIpc) is 2.27. The summed E-state index contributed by atoms with van der Waals surface area (Å²) >= 11 is 0. The van der Waals surface area contributed by atoms with E-state index in [-0.39, 0.29) is 11.8 Å². The summed E-state index contributed by atoms with van der Waals surface area (Å²) in [5.41, 5.74) is 7.19. The van der Waals surface area contributed by atoms with Gasteiger partial charge in [0.2, 0.25) is 0 Å². The van der Waals surface area contributed by atoms with Gasteiger partial charge in [-0.15, -0.1) is 0 Å². The second-order valence-electron chi connectivity index (χ2n) is 4.69. The molecule has 0 spiro atoms. The third-order valence-corrected chi connectivity index (χ3v) is 5.41. The zero-order chi connectivity index (χ0) is 12.5. The van der Waals surface area contributed by atoms with Crippen LogP contribution in [0.25, 0.3) is 0 Å². The van der Waals surface area contributed by atoms with Gasteiger partial charge < -0.3 is 5.73 Å². The van der Waals surface area contributed by atoms with E-state index in [1.165, 1.54) is 19.3 Å². The molecule has 0 aromatic heterocycles. The Morgan fingerprint density at radius 3 is 2.29 bits per heavy atom. The van der Waals surface area contributed by atoms with Gasteiger partial charge in [0.05, 0.1) is 10.6 Å². The molecule has 0 bridgehead atoms. The van der Waals surface area contributed by atoms with E-state index in [9.17, 15) is 8.42 Å². The highest BCUT2D eigenvalue weighted by molar-refractivity contribution is 7.91. The smallest absolute Gasteiger partial charge is 0.178 e. The predicted octanol–water partition coefficient (Wildman–Crippen LogP) is 2.28. The van der Waals surface area contributed by atoms with Crippen LogP contribution in [0.1, 0.15) is 37.8 Å². The van der Waals surface area contributed by atoms with E-state index >= 15 is 0 Å². The summed E-state index contributed by atoms with van der Waals surface area (Å²) in [6, 6.07) is 7.11. The van der Waals surface area contributed by atoms with Gasteiger partial charge in [0.25, 0.3) is 0 Å². The van der Waals surface area contributed by atoms with Crippen LogP contribution >= 0.6 is 0 Å². The number of sulfone groups is 1. The van der Waals surface area contributed by atoms with Gasteiger partial charge in [-0.3, -0.25) is 0 Å². The highest BCUT2D eigenvalue weighted by Crippen LogP contribution is 2.36. The van der Waals surface area contributed by atoms with E-state index in [0.29, 0.717) is 10.8 Å². The zero-order valence-corrected chi connectivity index (χ0v) is 10.9. The normalized spacial score (nSPS) is 18.7. The molecule has 94 valence electrons. The summed E-state index contributed by atoms with van der Waals surface area (Å²) in [7, 11) is -3.09. The minimum Gasteiger partial charge on any atom is -0.324 e. The summed E-state index contributed by atoms with van der Waals surface area (Å²) in [6.07, 6.45) is 3.65. The largest absolute Gasteiger partial charge is 0.324 e. The summed E-state index contributed by atoms with van der Waals surface area (Å²) < 4.78 is 23.3. The van der Waals surface area contributed by atoms with E-state index in [1.54, 1.807) is 19.1 Å². The number of hydrogen-bond acceptors (Lipinski definition) is 3. The van der Waals surface area contributed by atoms with Gasteiger partial charge in [0.1, 0.15) is 0 Å². The molecule has 4 heteroatoms. The van der Waals surface area contributed by atoms with Gasteiger partial charge in [0.15, 0.2) is 9.84 Å². The van der Waals surface area contributed by atoms with Crippen LogP contribution in [0.15, 0.2) is 29.2 Å². The number of benzene rings is 1. The summed E-state index contributed by atoms with van der Waals surface area (Å²) in [5.74, 6) is 0.713. The zero-order valence-electron chi connectivity index (χ0n) is 10.1. The van der Waals surface area contributed by atoms with Crippen molar-refractivity contribution in [1.82, 2.24) is 0 Å². The Hall–Kier alpha value is -0.870. The molecule has 0 amide bonds. The van der Waals surface area contributed by atoms with Crippen molar-refractivity contribution >= 4 is 9.84 Å². The Balaban J connectivity index is 2.18. The van der Waals surface area contributed by atoms with Crippen LogP contribution in [0.5, 0.6) is 0 Å². The van der Waals surface area contributed by atoms with Crippen molar-refractivity contribution in [2.45, 2.75) is 37.1 Å². The number of hydrogen-bond donors (Lipinski definition) is 1. The van der Waals surface area contributed by atoms with Crippen LogP contribution in [0, 0.1) is 5.92 Å². The average molecular weight is 253 g/mol. The quantitative estimate of drug-likeness (QED) is 0.895. The first-order chi connectivity index (χ1) is 8.04. The van der Waals surface area contributed by atoms with Crippen molar-refractivity contribution in [3.05, 3.63) is 29.8 Å². The molecule has 1 aliphatic carbocycles. The maximum absolute atomic E-state index is 11.7. The first-order valence-electron chi connectivity index (χ1n) is 6.13. The molecular weight excluding hydrogens is 234 g/mol. The molecule has 3 nitrogen and oxygen atoms in total. The lowest BCUT2D eigenvalue weighted by Gasteiger charge is -2.31. The standard InChI is InChI=1S/C13H19NO2S/c1-2-17(15,16)12-8-6-11(7-9-12)13(14)10-4-3-5-10/h6-10,13H,2-5,14H2,1H3. The van der Waals surface area contributed by atoms with Gasteiger partial charge in [-0.25, -0.2) is 8.42 Å². The van der Waals surface area contributed by atoms with Crippen molar-refractivity contribution in [2.75, 3.05) is 5.75 Å². The number of nitrogens with two attached hydrogens (primary N) is 1. The van der Waals surface area contributed by atoms with E-state index in [0.717, 1.165) is 5.56 Å². The minimum absolute atomic E-state index is 0.0575. The molecule has 2 N–H and O–H groups in total. The third kappa shape index (κ3) is 2.53. The van der Waals surface area contributed by atoms with Gasteiger partial charge in [-0.1, -0.05) is 25.5 Å². The maximum atomic E-state index is 11.7. The molecule has 1 atom stereocenters. The molecule has 1 aromatic carbocycles. The Morgan fingerprint density at radius 2 is 1.88 bits per heavy atom. The molecule has 1 aromatic rings. The van der Waals surface area contributed by atoms with Crippen molar-refractivity contribution < 1.29 is 8.42 Å². The summed E-state index contributed by atoms with van der Waals surface area (Å²) in [4.78, 5) is 0.393. The molecule has 1 aliphatic rings. The van der Waals surface area contributed by atoms with Gasteiger partial charge in [-0.2, -0.15) is 0 Å². The highest BCUT2D eigenvalue weighted by Gasteiger charge is 2.25. The fourth-order valence-corrected chi connectivity index (χ4v) is 3.02. The molecule has 1 saturated carbocycles. The minimum atomic E-state index is -3.09. The molecule has 1 unspecified atom stereocenters. The fourth-order valence-electron chi connectivity index (χ4n) is 2.14. The molecular formula is C13H19NO2S. The molecule has 0 heterocycles. The van der Waals surface area contributed by atoms with Crippen LogP contribution in [-0.4, -0.2) is 14.2 Å². The lowest BCUT2D eigenvalue weighted by Crippen LogP contribution is -2.26. The van der Waals surface area contributed by atoms with Crippen LogP contribution < -0.4 is 5.73 Å². The fraction of sp³-hybridized carbons (Fsp3) is 0.538. The molecule has 0 saturated heterocycles. The van der Waals surface area contributed by atoms with Crippen LogP contribution in [0.4, 0.5) is 0 Å². The Kier molecular flexibility index (Phi) is 3.54. The van der Waals surface area contributed by atoms with Crippen LogP contribution in [0.3, 0.4) is 0 Å². The second kappa shape index (κ2) is 4.78. The first kappa shape index (κ1) is 12.6. The topological polar surface area (TPSA) is 60.2 Å². The van der Waals surface area contributed by atoms with E-state index in [4.69, 9.17) is 5.73 Å². The predicted molar refractivity (Wildman–Crippen MR) is 68.4 cm³/mol. The monoisotopic (exact) mass is 253 g/mol. The van der Waals surface area contributed by atoms with Gasteiger partial charge in [0, 0.05) is 6.04 Å². The summed E-state index contributed by atoms with van der Waals surface area (Å²) in [5, 5.41) is 0. The Morgan fingerprint density at radius 1 is 1.29 bits per heavy atom. The van der Waals surface area contributed by atoms with E-state index < -0.39 is 9.84 Å². The SMILES string of the molecule is CCS(=O)(=O)c1ccc(C(N)C2CCC2)cc1. The number of rotatable bonds is 4. The van der Waals surface area contributed by atoms with Crippen molar-refractivity contribution in [3.8, 4) is 0 Å². The maximum Gasteiger partial charge on any atom is 0.178 e. The molecule has 0 radical (unpaired) electrons. The Labute approximate surface area is 103 Å².